The minimum atomic E-state index is 0.382. The first-order chi connectivity index (χ1) is 6.83. The molecule has 0 aromatic heterocycles. The van der Waals surface area contributed by atoms with Crippen LogP contribution in [0.3, 0.4) is 0 Å². The number of aliphatic imine (C=N–C) groups is 2. The van der Waals surface area contributed by atoms with E-state index in [1.807, 2.05) is 12.3 Å². The maximum atomic E-state index is 8.12. The highest BCUT2D eigenvalue weighted by molar-refractivity contribution is 6.29. The Morgan fingerprint density at radius 3 is 3.36 bits per heavy atom. The van der Waals surface area contributed by atoms with Gasteiger partial charge in [0.25, 0.3) is 0 Å². The van der Waals surface area contributed by atoms with E-state index in [1.54, 1.807) is 12.4 Å². The Bertz CT molecular complexity index is 300. The first-order valence-corrected chi connectivity index (χ1v) is 4.72. The van der Waals surface area contributed by atoms with Crippen LogP contribution in [-0.4, -0.2) is 25.5 Å². The fourth-order valence-electron chi connectivity index (χ4n) is 1.09. The number of allylic oxidation sites excluding steroid dienone is 1. The van der Waals surface area contributed by atoms with Crippen LogP contribution in [0.4, 0.5) is 0 Å². The van der Waals surface area contributed by atoms with Gasteiger partial charge in [0.2, 0.25) is 6.19 Å². The molecule has 0 saturated carbocycles. The van der Waals surface area contributed by atoms with E-state index < -0.39 is 0 Å². The zero-order chi connectivity index (χ0) is 10.2. The van der Waals surface area contributed by atoms with Crippen molar-refractivity contribution in [3.8, 4) is 6.19 Å². The van der Waals surface area contributed by atoms with Gasteiger partial charge in [-0.15, -0.1) is 0 Å². The molecule has 0 bridgehead atoms. The Kier molecular flexibility index (Phi) is 4.90. The fraction of sp³-hybridized carbons (Fsp3) is 0.444. The molecule has 0 aliphatic carbocycles. The van der Waals surface area contributed by atoms with Crippen molar-refractivity contribution >= 4 is 24.0 Å². The van der Waals surface area contributed by atoms with Crippen LogP contribution in [0.1, 0.15) is 6.42 Å². The zero-order valence-corrected chi connectivity index (χ0v) is 8.41. The summed E-state index contributed by atoms with van der Waals surface area (Å²) < 4.78 is 0. The standard InChI is InChI=1S/C9H11ClN4/c10-9-2-1-8(6-14-9)5-12-3-4-13-7-11/h2,4,6,8,12H,1,3,5H2. The Hall–Kier alpha value is -1.18. The van der Waals surface area contributed by atoms with Gasteiger partial charge in [-0.3, -0.25) is 0 Å². The molecule has 1 aliphatic rings. The first-order valence-electron chi connectivity index (χ1n) is 4.34. The summed E-state index contributed by atoms with van der Waals surface area (Å²) in [6.45, 7) is 1.43. The van der Waals surface area contributed by atoms with Crippen molar-refractivity contribution in [2.24, 2.45) is 15.9 Å². The second-order valence-electron chi connectivity index (χ2n) is 2.87. The van der Waals surface area contributed by atoms with Crippen LogP contribution in [0.2, 0.25) is 0 Å². The van der Waals surface area contributed by atoms with E-state index in [0.29, 0.717) is 17.6 Å². The number of hydrogen-bond donors (Lipinski definition) is 1. The van der Waals surface area contributed by atoms with Crippen LogP contribution in [0.5, 0.6) is 0 Å². The molecule has 0 spiro atoms. The lowest BCUT2D eigenvalue weighted by Gasteiger charge is -2.12. The van der Waals surface area contributed by atoms with Crippen molar-refractivity contribution in [2.45, 2.75) is 6.42 Å². The van der Waals surface area contributed by atoms with Crippen molar-refractivity contribution in [3.05, 3.63) is 11.2 Å². The highest BCUT2D eigenvalue weighted by Gasteiger charge is 2.07. The van der Waals surface area contributed by atoms with Crippen molar-refractivity contribution in [3.63, 3.8) is 0 Å². The largest absolute Gasteiger partial charge is 0.311 e. The molecule has 4 nitrogen and oxygen atoms in total. The Morgan fingerprint density at radius 1 is 1.86 bits per heavy atom. The molecule has 0 aromatic rings. The van der Waals surface area contributed by atoms with E-state index >= 15 is 0 Å². The molecule has 0 radical (unpaired) electrons. The second kappa shape index (κ2) is 6.30. The SMILES string of the molecule is N#CN=CCNCC1C=NC(Cl)=CC1. The van der Waals surface area contributed by atoms with Crippen LogP contribution in [0, 0.1) is 17.4 Å². The summed E-state index contributed by atoms with van der Waals surface area (Å²) in [6.07, 6.45) is 7.88. The van der Waals surface area contributed by atoms with Crippen LogP contribution in [0.15, 0.2) is 21.2 Å². The van der Waals surface area contributed by atoms with Crippen LogP contribution >= 0.6 is 11.6 Å². The molecule has 1 heterocycles. The summed E-state index contributed by atoms with van der Waals surface area (Å²) in [5.74, 6) is 0.382. The van der Waals surface area contributed by atoms with Crippen molar-refractivity contribution in [1.29, 1.82) is 5.26 Å². The van der Waals surface area contributed by atoms with E-state index in [1.165, 1.54) is 0 Å². The van der Waals surface area contributed by atoms with Gasteiger partial charge in [0, 0.05) is 31.4 Å². The van der Waals surface area contributed by atoms with Crippen molar-refractivity contribution in [2.75, 3.05) is 13.1 Å². The van der Waals surface area contributed by atoms with Gasteiger partial charge in [-0.1, -0.05) is 11.6 Å². The normalized spacial score (nSPS) is 20.9. The Balaban J connectivity index is 2.13. The average molecular weight is 211 g/mol. The van der Waals surface area contributed by atoms with Gasteiger partial charge >= 0.3 is 0 Å². The lowest BCUT2D eigenvalue weighted by molar-refractivity contribution is 0.627. The number of rotatable bonds is 4. The summed E-state index contributed by atoms with van der Waals surface area (Å²) in [7, 11) is 0. The van der Waals surface area contributed by atoms with E-state index in [-0.39, 0.29) is 0 Å². The average Bonchev–Trinajstić information content (AvgIpc) is 2.21. The van der Waals surface area contributed by atoms with Gasteiger partial charge in [0.15, 0.2) is 0 Å². The topological polar surface area (TPSA) is 60.5 Å². The second-order valence-corrected chi connectivity index (χ2v) is 3.26. The molecular weight excluding hydrogens is 200 g/mol. The summed E-state index contributed by atoms with van der Waals surface area (Å²) in [4.78, 5) is 7.42. The van der Waals surface area contributed by atoms with E-state index in [2.05, 4.69) is 15.3 Å². The third-order valence-electron chi connectivity index (χ3n) is 1.79. The molecule has 1 N–H and O–H groups in total. The number of nitrogens with zero attached hydrogens (tertiary/aromatic N) is 3. The molecule has 0 fully saturated rings. The van der Waals surface area contributed by atoms with Gasteiger partial charge < -0.3 is 5.32 Å². The molecule has 0 saturated heterocycles. The van der Waals surface area contributed by atoms with E-state index in [0.717, 1.165) is 13.0 Å². The van der Waals surface area contributed by atoms with Gasteiger partial charge in [-0.25, -0.2) is 4.99 Å². The van der Waals surface area contributed by atoms with Crippen molar-refractivity contribution in [1.82, 2.24) is 5.32 Å². The summed E-state index contributed by atoms with van der Waals surface area (Å²) >= 11 is 5.67. The maximum Gasteiger partial charge on any atom is 0.205 e. The number of nitriles is 1. The lowest BCUT2D eigenvalue weighted by atomic mass is 10.1. The van der Waals surface area contributed by atoms with Crippen LogP contribution in [-0.2, 0) is 0 Å². The first kappa shape index (κ1) is 10.9. The molecule has 0 amide bonds. The molecule has 1 unspecified atom stereocenters. The van der Waals surface area contributed by atoms with Crippen LogP contribution in [0.25, 0.3) is 0 Å². The molecule has 14 heavy (non-hydrogen) atoms. The fourth-order valence-corrected chi connectivity index (χ4v) is 1.24. The third kappa shape index (κ3) is 4.17. The molecule has 1 atom stereocenters. The van der Waals surface area contributed by atoms with E-state index in [4.69, 9.17) is 16.9 Å². The predicted molar refractivity (Wildman–Crippen MR) is 57.5 cm³/mol. The van der Waals surface area contributed by atoms with Gasteiger partial charge in [0.1, 0.15) is 5.16 Å². The zero-order valence-electron chi connectivity index (χ0n) is 7.65. The molecule has 74 valence electrons. The molecule has 5 heteroatoms. The predicted octanol–water partition coefficient (Wildman–Crippen LogP) is 1.30. The minimum Gasteiger partial charge on any atom is -0.311 e. The molecule has 1 aliphatic heterocycles. The highest BCUT2D eigenvalue weighted by atomic mass is 35.5. The smallest absolute Gasteiger partial charge is 0.205 e. The number of nitrogens with one attached hydrogen (secondary N) is 1. The summed E-state index contributed by atoms with van der Waals surface area (Å²) in [5, 5.41) is 11.8. The van der Waals surface area contributed by atoms with Crippen LogP contribution < -0.4 is 5.32 Å². The van der Waals surface area contributed by atoms with E-state index in [9.17, 15) is 0 Å². The van der Waals surface area contributed by atoms with Gasteiger partial charge in [-0.05, 0) is 12.5 Å². The Morgan fingerprint density at radius 2 is 2.71 bits per heavy atom. The minimum absolute atomic E-state index is 0.382. The van der Waals surface area contributed by atoms with Gasteiger partial charge in [-0.2, -0.15) is 10.3 Å². The maximum absolute atomic E-state index is 8.12. The molecular formula is C9H11ClN4. The quantitative estimate of drug-likeness (QED) is 0.329. The summed E-state index contributed by atoms with van der Waals surface area (Å²) in [5.41, 5.74) is 0. The number of hydrogen-bond acceptors (Lipinski definition) is 4. The Labute approximate surface area is 88.0 Å². The monoisotopic (exact) mass is 210 g/mol. The third-order valence-corrected chi connectivity index (χ3v) is 2.04. The highest BCUT2D eigenvalue weighted by Crippen LogP contribution is 2.14. The summed E-state index contributed by atoms with van der Waals surface area (Å²) in [6, 6.07) is 0. The molecule has 1 rings (SSSR count). The lowest BCUT2D eigenvalue weighted by Crippen LogP contribution is -2.25. The van der Waals surface area contributed by atoms with Gasteiger partial charge in [0.05, 0.1) is 0 Å². The number of halogens is 1. The van der Waals surface area contributed by atoms with Crippen molar-refractivity contribution < 1.29 is 0 Å². The molecule has 0 aromatic carbocycles.